The number of carbonyl (C=O) groups excluding carboxylic acids is 2. The van der Waals surface area contributed by atoms with Gasteiger partial charge in [0.1, 0.15) is 11.4 Å². The number of benzene rings is 2. The number of carbonyl (C=O) groups is 2. The number of methoxy groups -OCH3 is 2. The van der Waals surface area contributed by atoms with Crippen molar-refractivity contribution in [1.29, 1.82) is 0 Å². The van der Waals surface area contributed by atoms with Crippen molar-refractivity contribution in [3.05, 3.63) is 64.9 Å². The molecule has 1 heterocycles. The first-order valence-corrected chi connectivity index (χ1v) is 11.6. The molecule has 0 aliphatic rings. The zero-order valence-electron chi connectivity index (χ0n) is 21.2. The van der Waals surface area contributed by atoms with Crippen molar-refractivity contribution in [1.82, 2.24) is 9.97 Å². The third-order valence-corrected chi connectivity index (χ3v) is 5.37. The molecule has 1 aromatic heterocycles. The van der Waals surface area contributed by atoms with Crippen LogP contribution in [0.15, 0.2) is 48.2 Å². The summed E-state index contributed by atoms with van der Waals surface area (Å²) >= 11 is 0. The Bertz CT molecular complexity index is 1280. The van der Waals surface area contributed by atoms with Crippen LogP contribution in [0.3, 0.4) is 0 Å². The summed E-state index contributed by atoms with van der Waals surface area (Å²) in [6.07, 6.45) is 3.49. The molecule has 10 heteroatoms. The van der Waals surface area contributed by atoms with Gasteiger partial charge in [-0.2, -0.15) is 4.98 Å². The van der Waals surface area contributed by atoms with E-state index in [2.05, 4.69) is 9.97 Å². The maximum absolute atomic E-state index is 12.3. The Balaban J connectivity index is 2.01. The van der Waals surface area contributed by atoms with Gasteiger partial charge in [0, 0.05) is 23.7 Å². The fourth-order valence-electron chi connectivity index (χ4n) is 3.67. The van der Waals surface area contributed by atoms with Crippen LogP contribution >= 0.6 is 0 Å². The van der Waals surface area contributed by atoms with E-state index >= 15 is 0 Å². The number of ether oxygens (including phenoxy) is 4. The summed E-state index contributed by atoms with van der Waals surface area (Å²) in [7, 11) is 3.13. The van der Waals surface area contributed by atoms with Crippen LogP contribution in [0.2, 0.25) is 0 Å². The number of nitrogens with zero attached hydrogens (tertiary/aromatic N) is 2. The lowest BCUT2D eigenvalue weighted by atomic mass is 9.97. The Morgan fingerprint density at radius 2 is 1.59 bits per heavy atom. The molecule has 0 unspecified atom stereocenters. The second kappa shape index (κ2) is 12.4. The van der Waals surface area contributed by atoms with Gasteiger partial charge in [-0.3, -0.25) is 0 Å². The first kappa shape index (κ1) is 27.0. The molecule has 0 bridgehead atoms. The van der Waals surface area contributed by atoms with Crippen molar-refractivity contribution in [3.63, 3.8) is 0 Å². The summed E-state index contributed by atoms with van der Waals surface area (Å²) in [5.41, 5.74) is 15.3. The second-order valence-corrected chi connectivity index (χ2v) is 7.82. The summed E-state index contributed by atoms with van der Waals surface area (Å²) in [6, 6.07) is 11.1. The molecule has 0 radical (unpaired) electrons. The number of hydrogen-bond donors (Lipinski definition) is 2. The van der Waals surface area contributed by atoms with Crippen molar-refractivity contribution in [2.45, 2.75) is 20.3 Å². The largest absolute Gasteiger partial charge is 0.493 e. The van der Waals surface area contributed by atoms with Gasteiger partial charge in [-0.05, 0) is 48.7 Å². The van der Waals surface area contributed by atoms with E-state index in [-0.39, 0.29) is 24.7 Å². The van der Waals surface area contributed by atoms with Gasteiger partial charge in [0.25, 0.3) is 0 Å². The molecule has 0 atom stereocenters. The minimum Gasteiger partial charge on any atom is -0.493 e. The van der Waals surface area contributed by atoms with E-state index in [0.29, 0.717) is 29.3 Å². The quantitative estimate of drug-likeness (QED) is 0.181. The molecule has 0 fully saturated rings. The van der Waals surface area contributed by atoms with Crippen LogP contribution in [0.5, 0.6) is 11.5 Å². The zero-order chi connectivity index (χ0) is 26.9. The third kappa shape index (κ3) is 6.54. The lowest BCUT2D eigenvalue weighted by Gasteiger charge is -2.16. The fraction of sp³-hybridized carbons (Fsp3) is 0.259. The van der Waals surface area contributed by atoms with Gasteiger partial charge in [0.05, 0.1) is 27.4 Å². The second-order valence-electron chi connectivity index (χ2n) is 7.82. The Labute approximate surface area is 215 Å². The Hall–Kier alpha value is -4.60. The molecular formula is C27H30N4O6. The van der Waals surface area contributed by atoms with Gasteiger partial charge in [-0.15, -0.1) is 0 Å². The highest BCUT2D eigenvalue weighted by Crippen LogP contribution is 2.40. The summed E-state index contributed by atoms with van der Waals surface area (Å²) < 4.78 is 21.2. The van der Waals surface area contributed by atoms with E-state index in [1.165, 1.54) is 6.08 Å². The SMILES string of the molecule is CCOC(=O)C(=Cc1ccc(-c2cc(Cc3cnc(N)nc3N)cc(OC)c2OC)cc1)C(=O)OCC. The molecule has 0 aliphatic carbocycles. The Kier molecular flexibility index (Phi) is 9.04. The summed E-state index contributed by atoms with van der Waals surface area (Å²) in [5, 5.41) is 0. The molecule has 3 rings (SSSR count). The average molecular weight is 507 g/mol. The van der Waals surface area contributed by atoms with Crippen molar-refractivity contribution in [3.8, 4) is 22.6 Å². The smallest absolute Gasteiger partial charge is 0.345 e. The van der Waals surface area contributed by atoms with Crippen LogP contribution < -0.4 is 20.9 Å². The van der Waals surface area contributed by atoms with E-state index in [9.17, 15) is 9.59 Å². The molecule has 37 heavy (non-hydrogen) atoms. The van der Waals surface area contributed by atoms with Crippen molar-refractivity contribution >= 4 is 29.8 Å². The molecule has 3 aromatic rings. The fourth-order valence-corrected chi connectivity index (χ4v) is 3.67. The van der Waals surface area contributed by atoms with E-state index in [4.69, 9.17) is 30.4 Å². The molecule has 2 aromatic carbocycles. The van der Waals surface area contributed by atoms with Crippen LogP contribution in [-0.2, 0) is 25.5 Å². The predicted molar refractivity (Wildman–Crippen MR) is 140 cm³/mol. The monoisotopic (exact) mass is 506 g/mol. The summed E-state index contributed by atoms with van der Waals surface area (Å²) in [6.45, 7) is 3.61. The van der Waals surface area contributed by atoms with E-state index in [0.717, 1.165) is 22.3 Å². The maximum atomic E-state index is 12.3. The van der Waals surface area contributed by atoms with Crippen LogP contribution in [0.25, 0.3) is 17.2 Å². The van der Waals surface area contributed by atoms with Crippen LogP contribution in [0, 0.1) is 0 Å². The highest BCUT2D eigenvalue weighted by atomic mass is 16.6. The molecule has 10 nitrogen and oxygen atoms in total. The predicted octanol–water partition coefficient (Wildman–Crippen LogP) is 3.43. The number of esters is 2. The number of nitrogen functional groups attached to an aromatic ring is 2. The Morgan fingerprint density at radius 3 is 2.14 bits per heavy atom. The molecule has 0 saturated carbocycles. The number of anilines is 2. The molecule has 0 aliphatic heterocycles. The molecule has 0 spiro atoms. The lowest BCUT2D eigenvalue weighted by molar-refractivity contribution is -0.146. The van der Waals surface area contributed by atoms with Crippen LogP contribution in [0.4, 0.5) is 11.8 Å². The van der Waals surface area contributed by atoms with E-state index in [1.54, 1.807) is 46.4 Å². The molecule has 4 N–H and O–H groups in total. The Morgan fingerprint density at radius 1 is 0.946 bits per heavy atom. The minimum atomic E-state index is -0.741. The lowest BCUT2D eigenvalue weighted by Crippen LogP contribution is -2.18. The standard InChI is InChI=1S/C27H30N4O6/c1-5-36-25(32)21(26(33)37-6-2)12-16-7-9-18(10-8-16)20-13-17(14-22(34-3)23(20)35-4)11-19-15-30-27(29)31-24(19)28/h7-10,12-15H,5-6,11H2,1-4H3,(H4,28,29,30,31). The van der Waals surface area contributed by atoms with Gasteiger partial charge in [-0.1, -0.05) is 24.3 Å². The first-order chi connectivity index (χ1) is 17.8. The van der Waals surface area contributed by atoms with Crippen LogP contribution in [-0.4, -0.2) is 49.3 Å². The summed E-state index contributed by atoms with van der Waals surface area (Å²) in [5.74, 6) is 0.0252. The number of nitrogens with two attached hydrogens (primary N) is 2. The molecule has 194 valence electrons. The van der Waals surface area contributed by atoms with Crippen molar-refractivity contribution < 1.29 is 28.5 Å². The zero-order valence-corrected chi connectivity index (χ0v) is 21.2. The topological polar surface area (TPSA) is 149 Å². The maximum Gasteiger partial charge on any atom is 0.345 e. The first-order valence-electron chi connectivity index (χ1n) is 11.6. The van der Waals surface area contributed by atoms with Gasteiger partial charge >= 0.3 is 11.9 Å². The average Bonchev–Trinajstić information content (AvgIpc) is 2.89. The summed E-state index contributed by atoms with van der Waals surface area (Å²) in [4.78, 5) is 32.6. The van der Waals surface area contributed by atoms with Crippen molar-refractivity contribution in [2.75, 3.05) is 38.9 Å². The van der Waals surface area contributed by atoms with Crippen molar-refractivity contribution in [2.24, 2.45) is 0 Å². The number of hydrogen-bond acceptors (Lipinski definition) is 10. The normalized spacial score (nSPS) is 10.4. The molecule has 0 amide bonds. The highest BCUT2D eigenvalue weighted by molar-refractivity contribution is 6.17. The van der Waals surface area contributed by atoms with Gasteiger partial charge < -0.3 is 30.4 Å². The van der Waals surface area contributed by atoms with E-state index in [1.807, 2.05) is 24.3 Å². The molecular weight excluding hydrogens is 476 g/mol. The minimum absolute atomic E-state index is 0.109. The van der Waals surface area contributed by atoms with Gasteiger partial charge in [0.2, 0.25) is 5.95 Å². The van der Waals surface area contributed by atoms with Gasteiger partial charge in [0.15, 0.2) is 11.5 Å². The number of rotatable bonds is 10. The van der Waals surface area contributed by atoms with Gasteiger partial charge in [-0.25, -0.2) is 14.6 Å². The highest BCUT2D eigenvalue weighted by Gasteiger charge is 2.21. The third-order valence-electron chi connectivity index (χ3n) is 5.37. The van der Waals surface area contributed by atoms with Crippen LogP contribution in [0.1, 0.15) is 30.5 Å². The number of aromatic nitrogens is 2. The van der Waals surface area contributed by atoms with E-state index < -0.39 is 11.9 Å². The molecule has 0 saturated heterocycles.